The Labute approximate surface area is 88.1 Å². The molecule has 0 aliphatic heterocycles. The van der Waals surface area contributed by atoms with Crippen LogP contribution < -0.4 is 0 Å². The van der Waals surface area contributed by atoms with E-state index in [4.69, 9.17) is 9.84 Å². The number of hydrogen-bond acceptors (Lipinski definition) is 3. The Morgan fingerprint density at radius 3 is 2.53 bits per heavy atom. The summed E-state index contributed by atoms with van der Waals surface area (Å²) in [6.07, 6.45) is -1.68. The second-order valence-electron chi connectivity index (χ2n) is 3.24. The fourth-order valence-corrected chi connectivity index (χ4v) is 1.08. The predicted molar refractivity (Wildman–Crippen MR) is 54.5 cm³/mol. The molecular weight excluding hydrogens is 196 g/mol. The van der Waals surface area contributed by atoms with Crippen molar-refractivity contribution in [1.29, 1.82) is 0 Å². The highest BCUT2D eigenvalue weighted by atomic mass is 16.5. The number of rotatable bonds is 5. The van der Waals surface area contributed by atoms with E-state index in [1.54, 1.807) is 24.3 Å². The van der Waals surface area contributed by atoms with Crippen LogP contribution in [0.1, 0.15) is 18.6 Å². The Balaban J connectivity index is 2.43. The SMILES string of the molecule is C[C@H](OCC(O)c1ccccc1)C(=O)O. The summed E-state index contributed by atoms with van der Waals surface area (Å²) in [7, 11) is 0. The van der Waals surface area contributed by atoms with Crippen LogP contribution in [0.15, 0.2) is 30.3 Å². The van der Waals surface area contributed by atoms with Gasteiger partial charge in [0.2, 0.25) is 0 Å². The minimum atomic E-state index is -1.03. The summed E-state index contributed by atoms with van der Waals surface area (Å²) in [5.74, 6) is -1.03. The third-order valence-corrected chi connectivity index (χ3v) is 2.04. The van der Waals surface area contributed by atoms with E-state index in [1.807, 2.05) is 6.07 Å². The molecule has 0 fully saturated rings. The zero-order valence-corrected chi connectivity index (χ0v) is 8.46. The van der Waals surface area contributed by atoms with Gasteiger partial charge in [-0.2, -0.15) is 0 Å². The largest absolute Gasteiger partial charge is 0.479 e. The van der Waals surface area contributed by atoms with Crippen molar-refractivity contribution in [3.63, 3.8) is 0 Å². The van der Waals surface area contributed by atoms with Gasteiger partial charge in [0.15, 0.2) is 6.10 Å². The van der Waals surface area contributed by atoms with E-state index in [0.29, 0.717) is 0 Å². The second kappa shape index (κ2) is 5.48. The van der Waals surface area contributed by atoms with Crippen LogP contribution in [0.25, 0.3) is 0 Å². The smallest absolute Gasteiger partial charge is 0.332 e. The number of carboxylic acids is 1. The van der Waals surface area contributed by atoms with Crippen molar-refractivity contribution in [3.05, 3.63) is 35.9 Å². The molecule has 0 amide bonds. The Kier molecular flexibility index (Phi) is 4.27. The zero-order chi connectivity index (χ0) is 11.3. The van der Waals surface area contributed by atoms with E-state index in [-0.39, 0.29) is 6.61 Å². The first-order valence-electron chi connectivity index (χ1n) is 4.68. The maximum absolute atomic E-state index is 10.4. The number of carbonyl (C=O) groups is 1. The molecule has 0 spiro atoms. The van der Waals surface area contributed by atoms with Gasteiger partial charge in [-0.15, -0.1) is 0 Å². The highest BCUT2D eigenvalue weighted by Gasteiger charge is 2.14. The lowest BCUT2D eigenvalue weighted by Gasteiger charge is -2.13. The first-order valence-corrected chi connectivity index (χ1v) is 4.68. The molecular formula is C11H14O4. The number of aliphatic hydroxyl groups is 1. The first-order chi connectivity index (χ1) is 7.11. The minimum Gasteiger partial charge on any atom is -0.479 e. The van der Waals surface area contributed by atoms with Crippen LogP contribution in [0, 0.1) is 0 Å². The summed E-state index contributed by atoms with van der Waals surface area (Å²) in [5, 5.41) is 18.2. The van der Waals surface area contributed by atoms with Crippen LogP contribution >= 0.6 is 0 Å². The van der Waals surface area contributed by atoms with Crippen molar-refractivity contribution in [2.24, 2.45) is 0 Å². The Morgan fingerprint density at radius 2 is 2.00 bits per heavy atom. The second-order valence-corrected chi connectivity index (χ2v) is 3.24. The van der Waals surface area contributed by atoms with E-state index < -0.39 is 18.2 Å². The molecule has 0 aromatic heterocycles. The lowest BCUT2D eigenvalue weighted by Crippen LogP contribution is -2.22. The van der Waals surface area contributed by atoms with Crippen LogP contribution in [0.5, 0.6) is 0 Å². The Morgan fingerprint density at radius 1 is 1.40 bits per heavy atom. The summed E-state index contributed by atoms with van der Waals surface area (Å²) < 4.78 is 4.97. The molecule has 82 valence electrons. The maximum Gasteiger partial charge on any atom is 0.332 e. The number of benzene rings is 1. The molecule has 0 radical (unpaired) electrons. The van der Waals surface area contributed by atoms with Crippen LogP contribution in [-0.2, 0) is 9.53 Å². The molecule has 1 aromatic rings. The quantitative estimate of drug-likeness (QED) is 0.766. The van der Waals surface area contributed by atoms with Crippen LogP contribution in [-0.4, -0.2) is 28.9 Å². The van der Waals surface area contributed by atoms with Gasteiger partial charge in [0.1, 0.15) is 6.10 Å². The average molecular weight is 210 g/mol. The molecule has 4 heteroatoms. The maximum atomic E-state index is 10.4. The van der Waals surface area contributed by atoms with Gasteiger partial charge in [-0.05, 0) is 12.5 Å². The Hall–Kier alpha value is -1.39. The lowest BCUT2D eigenvalue weighted by molar-refractivity contribution is -0.150. The van der Waals surface area contributed by atoms with Gasteiger partial charge in [-0.25, -0.2) is 4.79 Å². The zero-order valence-electron chi connectivity index (χ0n) is 8.46. The molecule has 15 heavy (non-hydrogen) atoms. The number of hydrogen-bond donors (Lipinski definition) is 2. The average Bonchev–Trinajstić information content (AvgIpc) is 2.26. The van der Waals surface area contributed by atoms with E-state index in [2.05, 4.69) is 0 Å². The predicted octanol–water partition coefficient (Wildman–Crippen LogP) is 1.21. The molecule has 2 atom stereocenters. The lowest BCUT2D eigenvalue weighted by atomic mass is 10.1. The molecule has 1 unspecified atom stereocenters. The monoisotopic (exact) mass is 210 g/mol. The van der Waals surface area contributed by atoms with Gasteiger partial charge >= 0.3 is 5.97 Å². The molecule has 1 rings (SSSR count). The van der Waals surface area contributed by atoms with Gasteiger partial charge in [0.05, 0.1) is 6.61 Å². The summed E-state index contributed by atoms with van der Waals surface area (Å²) in [6, 6.07) is 8.98. The fraction of sp³-hybridized carbons (Fsp3) is 0.364. The van der Waals surface area contributed by atoms with Crippen molar-refractivity contribution in [3.8, 4) is 0 Å². The molecule has 4 nitrogen and oxygen atoms in total. The highest BCUT2D eigenvalue weighted by molar-refractivity contribution is 5.71. The van der Waals surface area contributed by atoms with E-state index >= 15 is 0 Å². The molecule has 0 saturated heterocycles. The van der Waals surface area contributed by atoms with E-state index in [9.17, 15) is 9.90 Å². The first kappa shape index (κ1) is 11.7. The van der Waals surface area contributed by atoms with E-state index in [1.165, 1.54) is 6.92 Å². The van der Waals surface area contributed by atoms with Crippen LogP contribution in [0.3, 0.4) is 0 Å². The number of aliphatic carboxylic acids is 1. The van der Waals surface area contributed by atoms with Crippen molar-refractivity contribution in [2.45, 2.75) is 19.1 Å². The summed E-state index contributed by atoms with van der Waals surface area (Å²) in [5.41, 5.74) is 0.718. The molecule has 0 bridgehead atoms. The molecule has 0 saturated carbocycles. The van der Waals surface area contributed by atoms with Crippen LogP contribution in [0.4, 0.5) is 0 Å². The molecule has 0 aliphatic rings. The number of ether oxygens (including phenoxy) is 1. The highest BCUT2D eigenvalue weighted by Crippen LogP contribution is 2.12. The molecule has 0 aliphatic carbocycles. The van der Waals surface area contributed by atoms with Gasteiger partial charge in [-0.3, -0.25) is 0 Å². The van der Waals surface area contributed by atoms with Gasteiger partial charge < -0.3 is 14.9 Å². The Bertz CT molecular complexity index is 310. The summed E-state index contributed by atoms with van der Waals surface area (Å²) in [4.78, 5) is 10.4. The van der Waals surface area contributed by atoms with Crippen LogP contribution in [0.2, 0.25) is 0 Å². The number of carboxylic acid groups (broad SMARTS) is 1. The van der Waals surface area contributed by atoms with Crippen molar-refractivity contribution >= 4 is 5.97 Å². The minimum absolute atomic E-state index is 0.0164. The fourth-order valence-electron chi connectivity index (χ4n) is 1.08. The van der Waals surface area contributed by atoms with Gasteiger partial charge in [0.25, 0.3) is 0 Å². The van der Waals surface area contributed by atoms with Crippen molar-refractivity contribution in [1.82, 2.24) is 0 Å². The van der Waals surface area contributed by atoms with Crippen molar-refractivity contribution in [2.75, 3.05) is 6.61 Å². The standard InChI is InChI=1S/C11H14O4/c1-8(11(13)14)15-7-10(12)9-5-3-2-4-6-9/h2-6,8,10,12H,7H2,1H3,(H,13,14)/t8-,10?/m0/s1. The van der Waals surface area contributed by atoms with Crippen molar-refractivity contribution < 1.29 is 19.7 Å². The third kappa shape index (κ3) is 3.69. The molecule has 2 N–H and O–H groups in total. The topological polar surface area (TPSA) is 66.8 Å². The summed E-state index contributed by atoms with van der Waals surface area (Å²) >= 11 is 0. The number of aliphatic hydroxyl groups excluding tert-OH is 1. The molecule has 1 aromatic carbocycles. The van der Waals surface area contributed by atoms with E-state index in [0.717, 1.165) is 5.56 Å². The van der Waals surface area contributed by atoms with Gasteiger partial charge in [0, 0.05) is 0 Å². The molecule has 0 heterocycles. The normalized spacial score (nSPS) is 14.5. The summed E-state index contributed by atoms with van der Waals surface area (Å²) in [6.45, 7) is 1.41. The van der Waals surface area contributed by atoms with Gasteiger partial charge in [-0.1, -0.05) is 30.3 Å². The third-order valence-electron chi connectivity index (χ3n) is 2.04.